The summed E-state index contributed by atoms with van der Waals surface area (Å²) < 4.78 is 5.61. The normalized spacial score (nSPS) is 10.4. The van der Waals surface area contributed by atoms with E-state index in [0.717, 1.165) is 29.0 Å². The highest BCUT2D eigenvalue weighted by Gasteiger charge is 2.06. The smallest absolute Gasteiger partial charge is 0.229 e. The lowest BCUT2D eigenvalue weighted by atomic mass is 10.1. The van der Waals surface area contributed by atoms with Crippen molar-refractivity contribution in [2.75, 3.05) is 11.9 Å². The summed E-state index contributed by atoms with van der Waals surface area (Å²) in [6, 6.07) is 7.85. The van der Waals surface area contributed by atoms with E-state index < -0.39 is 0 Å². The second-order valence-corrected chi connectivity index (χ2v) is 5.10. The van der Waals surface area contributed by atoms with Crippen LogP contribution >= 0.6 is 0 Å². The lowest BCUT2D eigenvalue weighted by Gasteiger charge is -2.08. The number of nitrogens with one attached hydrogen (secondary N) is 2. The summed E-state index contributed by atoms with van der Waals surface area (Å²) in [4.78, 5) is 11.8. The van der Waals surface area contributed by atoms with Crippen LogP contribution in [-0.4, -0.2) is 22.7 Å². The first-order valence-electron chi connectivity index (χ1n) is 7.12. The Labute approximate surface area is 124 Å². The number of anilines is 1. The summed E-state index contributed by atoms with van der Waals surface area (Å²) in [6.07, 6.45) is 1.15. The Bertz CT molecular complexity index is 599. The van der Waals surface area contributed by atoms with Gasteiger partial charge in [0, 0.05) is 11.8 Å². The standard InChI is InChI=1S/C16H21N3O2/c1-4-13-10-15(19-18-13)17-16(20)5-6-21-14-8-11(2)7-12(3)9-14/h7-10H,4-6H2,1-3H3,(H2,17,18,19,20). The van der Waals surface area contributed by atoms with Crippen molar-refractivity contribution in [1.29, 1.82) is 0 Å². The Balaban J connectivity index is 1.78. The number of carbonyl (C=O) groups is 1. The molecule has 1 aromatic carbocycles. The van der Waals surface area contributed by atoms with Gasteiger partial charge in [-0.25, -0.2) is 0 Å². The van der Waals surface area contributed by atoms with Crippen LogP contribution in [0.2, 0.25) is 0 Å². The monoisotopic (exact) mass is 287 g/mol. The summed E-state index contributed by atoms with van der Waals surface area (Å²) in [5, 5.41) is 9.62. The van der Waals surface area contributed by atoms with Crippen molar-refractivity contribution >= 4 is 11.7 Å². The minimum Gasteiger partial charge on any atom is -0.493 e. The maximum atomic E-state index is 11.8. The van der Waals surface area contributed by atoms with Crippen LogP contribution in [-0.2, 0) is 11.2 Å². The van der Waals surface area contributed by atoms with Gasteiger partial charge in [0.15, 0.2) is 5.82 Å². The van der Waals surface area contributed by atoms with Gasteiger partial charge < -0.3 is 10.1 Å². The molecule has 1 amide bonds. The van der Waals surface area contributed by atoms with Gasteiger partial charge in [-0.1, -0.05) is 13.0 Å². The second-order valence-electron chi connectivity index (χ2n) is 5.10. The van der Waals surface area contributed by atoms with Gasteiger partial charge in [0.2, 0.25) is 5.91 Å². The van der Waals surface area contributed by atoms with E-state index in [9.17, 15) is 4.79 Å². The van der Waals surface area contributed by atoms with Crippen molar-refractivity contribution in [3.8, 4) is 5.75 Å². The van der Waals surface area contributed by atoms with Crippen molar-refractivity contribution in [3.05, 3.63) is 41.1 Å². The lowest BCUT2D eigenvalue weighted by Crippen LogP contribution is -2.15. The number of hydrogen-bond acceptors (Lipinski definition) is 3. The van der Waals surface area contributed by atoms with Gasteiger partial charge in [-0.15, -0.1) is 0 Å². The predicted molar refractivity (Wildman–Crippen MR) is 82.6 cm³/mol. The Hall–Kier alpha value is -2.30. The van der Waals surface area contributed by atoms with E-state index in [1.807, 2.05) is 39.0 Å². The summed E-state index contributed by atoms with van der Waals surface area (Å²) in [7, 11) is 0. The number of benzene rings is 1. The van der Waals surface area contributed by atoms with E-state index in [4.69, 9.17) is 4.74 Å². The molecule has 0 fully saturated rings. The van der Waals surface area contributed by atoms with Crippen LogP contribution in [0, 0.1) is 13.8 Å². The van der Waals surface area contributed by atoms with Crippen LogP contribution in [0.25, 0.3) is 0 Å². The van der Waals surface area contributed by atoms with Gasteiger partial charge in [-0.3, -0.25) is 9.89 Å². The summed E-state index contributed by atoms with van der Waals surface area (Å²) in [5.41, 5.74) is 3.30. The highest BCUT2D eigenvalue weighted by molar-refractivity contribution is 5.89. The number of ether oxygens (including phenoxy) is 1. The number of hydrogen-bond donors (Lipinski definition) is 2. The minimum atomic E-state index is -0.103. The van der Waals surface area contributed by atoms with Crippen molar-refractivity contribution in [2.24, 2.45) is 0 Å². The molecule has 0 aliphatic heterocycles. The Morgan fingerprint density at radius 2 is 1.95 bits per heavy atom. The molecule has 1 heterocycles. The zero-order valence-electron chi connectivity index (χ0n) is 12.7. The molecule has 0 spiro atoms. The summed E-state index contributed by atoms with van der Waals surface area (Å²) in [6.45, 7) is 6.42. The molecule has 2 rings (SSSR count). The first-order valence-corrected chi connectivity index (χ1v) is 7.12. The number of amides is 1. The van der Waals surface area contributed by atoms with Crippen molar-refractivity contribution < 1.29 is 9.53 Å². The van der Waals surface area contributed by atoms with E-state index in [1.165, 1.54) is 0 Å². The van der Waals surface area contributed by atoms with Crippen LogP contribution < -0.4 is 10.1 Å². The highest BCUT2D eigenvalue weighted by atomic mass is 16.5. The highest BCUT2D eigenvalue weighted by Crippen LogP contribution is 2.16. The van der Waals surface area contributed by atoms with Gasteiger partial charge in [0.25, 0.3) is 0 Å². The SMILES string of the molecule is CCc1cc(NC(=O)CCOc2cc(C)cc(C)c2)n[nH]1. The molecular formula is C16H21N3O2. The molecule has 21 heavy (non-hydrogen) atoms. The lowest BCUT2D eigenvalue weighted by molar-refractivity contribution is -0.116. The largest absolute Gasteiger partial charge is 0.493 e. The third-order valence-corrected chi connectivity index (χ3v) is 3.07. The van der Waals surface area contributed by atoms with E-state index in [0.29, 0.717) is 18.8 Å². The summed E-state index contributed by atoms with van der Waals surface area (Å²) in [5.74, 6) is 1.25. The number of aromatic nitrogens is 2. The fraction of sp³-hybridized carbons (Fsp3) is 0.375. The average Bonchev–Trinajstić information content (AvgIpc) is 2.85. The molecular weight excluding hydrogens is 266 g/mol. The van der Waals surface area contributed by atoms with E-state index in [1.54, 1.807) is 0 Å². The van der Waals surface area contributed by atoms with Crippen LogP contribution in [0.5, 0.6) is 5.75 Å². The van der Waals surface area contributed by atoms with Crippen LogP contribution in [0.4, 0.5) is 5.82 Å². The number of H-pyrrole nitrogens is 1. The third kappa shape index (κ3) is 4.63. The predicted octanol–water partition coefficient (Wildman–Crippen LogP) is 3.00. The van der Waals surface area contributed by atoms with Gasteiger partial charge in [-0.2, -0.15) is 5.10 Å². The zero-order chi connectivity index (χ0) is 15.2. The Kier molecular flexibility index (Phi) is 4.98. The topological polar surface area (TPSA) is 67.0 Å². The van der Waals surface area contributed by atoms with Crippen LogP contribution in [0.1, 0.15) is 30.2 Å². The molecule has 0 aliphatic carbocycles. The molecule has 5 nitrogen and oxygen atoms in total. The van der Waals surface area contributed by atoms with Gasteiger partial charge in [0.05, 0.1) is 13.0 Å². The fourth-order valence-corrected chi connectivity index (χ4v) is 2.09. The molecule has 0 radical (unpaired) electrons. The van der Waals surface area contributed by atoms with E-state index in [2.05, 4.69) is 21.6 Å². The molecule has 2 N–H and O–H groups in total. The number of nitrogens with zero attached hydrogens (tertiary/aromatic N) is 1. The second kappa shape index (κ2) is 6.92. The van der Waals surface area contributed by atoms with Crippen molar-refractivity contribution in [3.63, 3.8) is 0 Å². The zero-order valence-corrected chi connectivity index (χ0v) is 12.7. The molecule has 0 atom stereocenters. The first-order chi connectivity index (χ1) is 10.1. The van der Waals surface area contributed by atoms with Gasteiger partial charge in [0.1, 0.15) is 5.75 Å². The first kappa shape index (κ1) is 15.1. The fourth-order valence-electron chi connectivity index (χ4n) is 2.09. The molecule has 0 bridgehead atoms. The van der Waals surface area contributed by atoms with E-state index in [-0.39, 0.29) is 5.91 Å². The van der Waals surface area contributed by atoms with E-state index >= 15 is 0 Å². The maximum absolute atomic E-state index is 11.8. The molecule has 112 valence electrons. The molecule has 5 heteroatoms. The molecule has 0 unspecified atom stereocenters. The Morgan fingerprint density at radius 1 is 1.24 bits per heavy atom. The van der Waals surface area contributed by atoms with Gasteiger partial charge in [-0.05, 0) is 43.5 Å². The average molecular weight is 287 g/mol. The summed E-state index contributed by atoms with van der Waals surface area (Å²) >= 11 is 0. The molecule has 0 saturated carbocycles. The number of carbonyl (C=O) groups excluding carboxylic acids is 1. The van der Waals surface area contributed by atoms with Gasteiger partial charge >= 0.3 is 0 Å². The molecule has 2 aromatic rings. The quantitative estimate of drug-likeness (QED) is 0.858. The Morgan fingerprint density at radius 3 is 2.57 bits per heavy atom. The number of aromatic amines is 1. The maximum Gasteiger partial charge on any atom is 0.229 e. The third-order valence-electron chi connectivity index (χ3n) is 3.07. The van der Waals surface area contributed by atoms with Crippen LogP contribution in [0.3, 0.4) is 0 Å². The van der Waals surface area contributed by atoms with Crippen LogP contribution in [0.15, 0.2) is 24.3 Å². The number of aryl methyl sites for hydroxylation is 3. The number of rotatable bonds is 6. The molecule has 0 aliphatic rings. The minimum absolute atomic E-state index is 0.103. The molecule has 1 aromatic heterocycles. The molecule has 0 saturated heterocycles. The van der Waals surface area contributed by atoms with Crippen molar-refractivity contribution in [1.82, 2.24) is 10.2 Å². The van der Waals surface area contributed by atoms with Crippen molar-refractivity contribution in [2.45, 2.75) is 33.6 Å².